The minimum absolute atomic E-state index is 0.127. The number of nitrogens with zero attached hydrogens (tertiary/aromatic N) is 1. The fourth-order valence-electron chi connectivity index (χ4n) is 1.36. The molecule has 0 bridgehead atoms. The predicted octanol–water partition coefficient (Wildman–Crippen LogP) is 0.517. The molecule has 1 aromatic carbocycles. The lowest BCUT2D eigenvalue weighted by atomic mass is 10.2. The van der Waals surface area contributed by atoms with Gasteiger partial charge in [-0.25, -0.2) is 0 Å². The molecule has 0 saturated heterocycles. The zero-order chi connectivity index (χ0) is 14.3. The van der Waals surface area contributed by atoms with Crippen LogP contribution in [-0.4, -0.2) is 37.7 Å². The van der Waals surface area contributed by atoms with Gasteiger partial charge in [0.2, 0.25) is 5.91 Å². The lowest BCUT2D eigenvalue weighted by molar-refractivity contribution is -0.385. The Morgan fingerprint density at radius 2 is 2.26 bits per heavy atom. The van der Waals surface area contributed by atoms with Crippen LogP contribution in [0.5, 0.6) is 5.75 Å². The van der Waals surface area contributed by atoms with Crippen molar-refractivity contribution in [1.82, 2.24) is 0 Å². The Morgan fingerprint density at radius 3 is 2.84 bits per heavy atom. The summed E-state index contributed by atoms with van der Waals surface area (Å²) in [6, 6.07) is 4.14. The first kappa shape index (κ1) is 14.9. The maximum atomic E-state index is 11.4. The summed E-state index contributed by atoms with van der Waals surface area (Å²) in [6.07, 6.45) is 0. The molecule has 8 heteroatoms. The van der Waals surface area contributed by atoms with Crippen molar-refractivity contribution in [3.63, 3.8) is 0 Å². The van der Waals surface area contributed by atoms with E-state index in [1.54, 1.807) is 0 Å². The summed E-state index contributed by atoms with van der Waals surface area (Å²) < 4.78 is 9.80. The average Bonchev–Trinajstić information content (AvgIpc) is 2.39. The van der Waals surface area contributed by atoms with Crippen molar-refractivity contribution in [3.8, 4) is 5.75 Å². The van der Waals surface area contributed by atoms with Gasteiger partial charge in [-0.05, 0) is 12.1 Å². The molecule has 0 heterocycles. The van der Waals surface area contributed by atoms with E-state index in [9.17, 15) is 14.9 Å². The molecule has 3 N–H and O–H groups in total. The highest BCUT2D eigenvalue weighted by Gasteiger charge is 2.15. The molecule has 19 heavy (non-hydrogen) atoms. The highest BCUT2D eigenvalue weighted by molar-refractivity contribution is 5.92. The molecule has 104 valence electrons. The number of rotatable bonds is 7. The third-order valence-corrected chi connectivity index (χ3v) is 2.15. The monoisotopic (exact) mass is 269 g/mol. The molecule has 8 nitrogen and oxygen atoms in total. The van der Waals surface area contributed by atoms with Gasteiger partial charge in [0.25, 0.3) is 0 Å². The number of nitrogens with two attached hydrogens (primary N) is 1. The quantitative estimate of drug-likeness (QED) is 0.423. The van der Waals surface area contributed by atoms with Crippen LogP contribution in [0.3, 0.4) is 0 Å². The second-order valence-electron chi connectivity index (χ2n) is 3.53. The molecule has 0 aliphatic heterocycles. The number of methoxy groups -OCH3 is 1. The van der Waals surface area contributed by atoms with Crippen molar-refractivity contribution in [2.45, 2.75) is 0 Å². The zero-order valence-corrected chi connectivity index (χ0v) is 10.4. The van der Waals surface area contributed by atoms with E-state index in [1.165, 1.54) is 25.3 Å². The van der Waals surface area contributed by atoms with E-state index in [1.807, 2.05) is 0 Å². The van der Waals surface area contributed by atoms with E-state index in [2.05, 4.69) is 5.32 Å². The molecular weight excluding hydrogens is 254 g/mol. The molecule has 0 aromatic heterocycles. The molecule has 0 atom stereocenters. The van der Waals surface area contributed by atoms with Crippen molar-refractivity contribution in [2.75, 3.05) is 32.2 Å². The largest absolute Gasteiger partial charge is 0.490 e. The number of carbonyl (C=O) groups excluding carboxylic acids is 1. The number of anilines is 1. The van der Waals surface area contributed by atoms with Crippen LogP contribution in [0, 0.1) is 10.1 Å². The normalized spacial score (nSPS) is 10.0. The molecule has 1 rings (SSSR count). The zero-order valence-electron chi connectivity index (χ0n) is 10.4. The van der Waals surface area contributed by atoms with Crippen LogP contribution >= 0.6 is 0 Å². The average molecular weight is 269 g/mol. The van der Waals surface area contributed by atoms with Gasteiger partial charge in [-0.1, -0.05) is 0 Å². The van der Waals surface area contributed by atoms with Gasteiger partial charge >= 0.3 is 5.69 Å². The summed E-state index contributed by atoms with van der Waals surface area (Å²) in [5.41, 5.74) is 5.29. The molecule has 1 aromatic rings. The van der Waals surface area contributed by atoms with E-state index in [4.69, 9.17) is 15.2 Å². The van der Waals surface area contributed by atoms with Crippen LogP contribution in [0.2, 0.25) is 0 Å². The van der Waals surface area contributed by atoms with Crippen LogP contribution in [0.15, 0.2) is 18.2 Å². The van der Waals surface area contributed by atoms with Crippen LogP contribution in [0.1, 0.15) is 0 Å². The Labute approximate surface area is 109 Å². The Bertz CT molecular complexity index is 464. The third kappa shape index (κ3) is 4.53. The number of amides is 1. The van der Waals surface area contributed by atoms with Crippen LogP contribution in [0.4, 0.5) is 11.4 Å². The van der Waals surface area contributed by atoms with E-state index >= 15 is 0 Å². The second-order valence-corrected chi connectivity index (χ2v) is 3.53. The smallest absolute Gasteiger partial charge is 0.312 e. The van der Waals surface area contributed by atoms with Gasteiger partial charge in [0.15, 0.2) is 5.75 Å². The Kier molecular flexibility index (Phi) is 5.71. The van der Waals surface area contributed by atoms with Crippen molar-refractivity contribution in [2.24, 2.45) is 5.73 Å². The first-order valence-electron chi connectivity index (χ1n) is 5.48. The number of carbonyl (C=O) groups is 1. The minimum Gasteiger partial charge on any atom is -0.490 e. The summed E-state index contributed by atoms with van der Waals surface area (Å²) in [6.45, 7) is 0.439. The van der Waals surface area contributed by atoms with E-state index in [-0.39, 0.29) is 24.7 Å². The fourth-order valence-corrected chi connectivity index (χ4v) is 1.36. The Balaban J connectivity index is 2.71. The number of hydrogen-bond acceptors (Lipinski definition) is 6. The highest BCUT2D eigenvalue weighted by Crippen LogP contribution is 2.29. The summed E-state index contributed by atoms with van der Waals surface area (Å²) in [4.78, 5) is 21.7. The number of nitrogens with one attached hydrogen (secondary N) is 1. The summed E-state index contributed by atoms with van der Waals surface area (Å²) in [7, 11) is 1.33. The SMILES string of the molecule is COc1ccc(NC(=O)COCCN)cc1[N+](=O)[O-]. The molecule has 0 saturated carbocycles. The number of benzene rings is 1. The van der Waals surface area contributed by atoms with Crippen molar-refractivity contribution in [3.05, 3.63) is 28.3 Å². The van der Waals surface area contributed by atoms with E-state index in [0.717, 1.165) is 0 Å². The molecule has 0 fully saturated rings. The molecule has 0 radical (unpaired) electrons. The van der Waals surface area contributed by atoms with Crippen molar-refractivity contribution >= 4 is 17.3 Å². The fraction of sp³-hybridized carbons (Fsp3) is 0.364. The summed E-state index contributed by atoms with van der Waals surface area (Å²) >= 11 is 0. The van der Waals surface area contributed by atoms with Crippen molar-refractivity contribution in [1.29, 1.82) is 0 Å². The predicted molar refractivity (Wildman–Crippen MR) is 68.2 cm³/mol. The maximum Gasteiger partial charge on any atom is 0.312 e. The van der Waals surface area contributed by atoms with Gasteiger partial charge in [-0.3, -0.25) is 14.9 Å². The van der Waals surface area contributed by atoms with Crippen LogP contribution in [0.25, 0.3) is 0 Å². The molecule has 0 aliphatic carbocycles. The first-order chi connectivity index (χ1) is 9.08. The number of nitro groups is 1. The van der Waals surface area contributed by atoms with Crippen molar-refractivity contribution < 1.29 is 19.2 Å². The highest BCUT2D eigenvalue weighted by atomic mass is 16.6. The van der Waals surface area contributed by atoms with E-state index in [0.29, 0.717) is 12.2 Å². The van der Waals surface area contributed by atoms with Crippen LogP contribution < -0.4 is 15.8 Å². The molecule has 0 spiro atoms. The van der Waals surface area contributed by atoms with Gasteiger partial charge in [-0.15, -0.1) is 0 Å². The first-order valence-corrected chi connectivity index (χ1v) is 5.48. The maximum absolute atomic E-state index is 11.4. The Morgan fingerprint density at radius 1 is 1.53 bits per heavy atom. The Hall–Kier alpha value is -2.19. The molecular formula is C11H15N3O5. The number of hydrogen-bond donors (Lipinski definition) is 2. The molecule has 1 amide bonds. The number of ether oxygens (including phenoxy) is 2. The third-order valence-electron chi connectivity index (χ3n) is 2.15. The van der Waals surface area contributed by atoms with Gasteiger partial charge < -0.3 is 20.5 Å². The summed E-state index contributed by atoms with van der Waals surface area (Å²) in [5, 5.41) is 13.3. The minimum atomic E-state index is -0.584. The lowest BCUT2D eigenvalue weighted by Gasteiger charge is -2.07. The van der Waals surface area contributed by atoms with Gasteiger partial charge in [-0.2, -0.15) is 0 Å². The molecule has 0 aliphatic rings. The van der Waals surface area contributed by atoms with E-state index < -0.39 is 10.8 Å². The van der Waals surface area contributed by atoms with Gasteiger partial charge in [0, 0.05) is 18.3 Å². The van der Waals surface area contributed by atoms with Crippen LogP contribution in [-0.2, 0) is 9.53 Å². The van der Waals surface area contributed by atoms with Gasteiger partial charge in [0.05, 0.1) is 18.6 Å². The topological polar surface area (TPSA) is 117 Å². The second kappa shape index (κ2) is 7.29. The molecule has 0 unspecified atom stereocenters. The lowest BCUT2D eigenvalue weighted by Crippen LogP contribution is -2.20. The summed E-state index contributed by atoms with van der Waals surface area (Å²) in [5.74, 6) is -0.282. The number of nitro benzene ring substituents is 1. The standard InChI is InChI=1S/C11H15N3O5/c1-18-10-3-2-8(6-9(10)14(16)17)13-11(15)7-19-5-4-12/h2-3,6H,4-5,7,12H2,1H3,(H,13,15). The van der Waals surface area contributed by atoms with Gasteiger partial charge in [0.1, 0.15) is 6.61 Å².